The van der Waals surface area contributed by atoms with Crippen molar-refractivity contribution in [1.29, 1.82) is 0 Å². The van der Waals surface area contributed by atoms with Gasteiger partial charge in [0, 0.05) is 25.8 Å². The molecule has 1 fully saturated rings. The molecule has 1 aliphatic heterocycles. The molecule has 0 radical (unpaired) electrons. The number of rotatable bonds is 4. The molecule has 2 aromatic rings. The van der Waals surface area contributed by atoms with Crippen LogP contribution in [-0.4, -0.2) is 35.5 Å². The zero-order valence-electron chi connectivity index (χ0n) is 11.7. The normalized spacial score (nSPS) is 15.1. The van der Waals surface area contributed by atoms with Crippen molar-refractivity contribution in [1.82, 2.24) is 9.88 Å². The third-order valence-corrected chi connectivity index (χ3v) is 3.46. The van der Waals surface area contributed by atoms with Gasteiger partial charge in [0.15, 0.2) is 0 Å². The van der Waals surface area contributed by atoms with Crippen molar-refractivity contribution in [3.8, 4) is 0 Å². The fraction of sp³-hybridized carbons (Fsp3) is 0.176. The molecule has 0 aliphatic carbocycles. The van der Waals surface area contributed by atoms with E-state index in [9.17, 15) is 4.79 Å². The van der Waals surface area contributed by atoms with Crippen molar-refractivity contribution in [3.63, 3.8) is 0 Å². The molecule has 2 amide bonds. The van der Waals surface area contributed by atoms with E-state index in [4.69, 9.17) is 0 Å². The summed E-state index contributed by atoms with van der Waals surface area (Å²) in [5.41, 5.74) is 1.14. The Morgan fingerprint density at radius 3 is 2.62 bits per heavy atom. The Hall–Kier alpha value is -2.62. The summed E-state index contributed by atoms with van der Waals surface area (Å²) in [5, 5.41) is 0. The third-order valence-electron chi connectivity index (χ3n) is 3.46. The lowest BCUT2D eigenvalue weighted by molar-refractivity contribution is 0.225. The predicted octanol–water partition coefficient (Wildman–Crippen LogP) is 3.04. The van der Waals surface area contributed by atoms with Gasteiger partial charge in [0.1, 0.15) is 5.82 Å². The van der Waals surface area contributed by atoms with Gasteiger partial charge in [-0.15, -0.1) is 0 Å². The molecule has 0 spiro atoms. The lowest BCUT2D eigenvalue weighted by Crippen LogP contribution is -2.32. The van der Waals surface area contributed by atoms with Crippen LogP contribution in [-0.2, 0) is 0 Å². The molecule has 0 bridgehead atoms. The van der Waals surface area contributed by atoms with Crippen LogP contribution in [0.25, 0.3) is 6.08 Å². The zero-order valence-corrected chi connectivity index (χ0v) is 11.7. The highest BCUT2D eigenvalue weighted by atomic mass is 16.2. The average molecular weight is 279 g/mol. The molecule has 2 heterocycles. The van der Waals surface area contributed by atoms with E-state index in [0.717, 1.165) is 17.9 Å². The highest BCUT2D eigenvalue weighted by Gasteiger charge is 2.29. The maximum atomic E-state index is 12.3. The van der Waals surface area contributed by atoms with Gasteiger partial charge in [-0.25, -0.2) is 9.78 Å². The van der Waals surface area contributed by atoms with Gasteiger partial charge in [-0.2, -0.15) is 0 Å². The van der Waals surface area contributed by atoms with Crippen molar-refractivity contribution in [3.05, 3.63) is 66.4 Å². The summed E-state index contributed by atoms with van der Waals surface area (Å²) in [4.78, 5) is 20.1. The highest BCUT2D eigenvalue weighted by molar-refractivity contribution is 5.93. The number of carbonyl (C=O) groups is 1. The van der Waals surface area contributed by atoms with E-state index >= 15 is 0 Å². The minimum absolute atomic E-state index is 0.0198. The molecule has 1 aromatic carbocycles. The highest BCUT2D eigenvalue weighted by Crippen LogP contribution is 2.17. The molecule has 0 N–H and O–H groups in total. The zero-order chi connectivity index (χ0) is 14.5. The van der Waals surface area contributed by atoms with Gasteiger partial charge in [-0.1, -0.05) is 48.6 Å². The second-order valence-corrected chi connectivity index (χ2v) is 4.88. The Balaban J connectivity index is 1.61. The molecule has 0 unspecified atom stereocenters. The standard InChI is InChI=1S/C17H17N3O/c21-17-19(12-6-9-15-7-2-1-3-8-15)13-14-20(17)16-10-4-5-11-18-16/h1-11H,12-14H2. The van der Waals surface area contributed by atoms with Crippen LogP contribution >= 0.6 is 0 Å². The van der Waals surface area contributed by atoms with Crippen LogP contribution in [0.15, 0.2) is 60.8 Å². The maximum Gasteiger partial charge on any atom is 0.326 e. The first-order chi connectivity index (χ1) is 10.3. The molecule has 0 atom stereocenters. The molecular weight excluding hydrogens is 262 g/mol. The minimum atomic E-state index is 0.0198. The van der Waals surface area contributed by atoms with E-state index in [-0.39, 0.29) is 6.03 Å². The van der Waals surface area contributed by atoms with Gasteiger partial charge in [-0.3, -0.25) is 4.90 Å². The van der Waals surface area contributed by atoms with Crippen molar-refractivity contribution in [2.75, 3.05) is 24.5 Å². The summed E-state index contributed by atoms with van der Waals surface area (Å²) < 4.78 is 0. The van der Waals surface area contributed by atoms with E-state index in [1.54, 1.807) is 11.1 Å². The number of amides is 2. The fourth-order valence-corrected chi connectivity index (χ4v) is 2.36. The topological polar surface area (TPSA) is 36.4 Å². The van der Waals surface area contributed by atoms with Gasteiger partial charge < -0.3 is 4.90 Å². The molecular formula is C17H17N3O. The number of urea groups is 1. The van der Waals surface area contributed by atoms with Crippen LogP contribution in [0.3, 0.4) is 0 Å². The van der Waals surface area contributed by atoms with Crippen molar-refractivity contribution in [2.24, 2.45) is 0 Å². The SMILES string of the molecule is O=C1N(CC=Cc2ccccc2)CCN1c1ccccn1. The van der Waals surface area contributed by atoms with E-state index in [2.05, 4.69) is 4.98 Å². The second-order valence-electron chi connectivity index (χ2n) is 4.88. The number of hydrogen-bond donors (Lipinski definition) is 0. The number of hydrogen-bond acceptors (Lipinski definition) is 2. The first-order valence-electron chi connectivity index (χ1n) is 7.04. The van der Waals surface area contributed by atoms with Gasteiger partial charge in [0.05, 0.1) is 0 Å². The van der Waals surface area contributed by atoms with Gasteiger partial charge >= 0.3 is 6.03 Å². The maximum absolute atomic E-state index is 12.3. The summed E-state index contributed by atoms with van der Waals surface area (Å²) in [6, 6.07) is 15.7. The van der Waals surface area contributed by atoms with Gasteiger partial charge in [0.2, 0.25) is 0 Å². The molecule has 21 heavy (non-hydrogen) atoms. The first kappa shape index (κ1) is 13.4. The minimum Gasteiger partial charge on any atom is -0.319 e. The van der Waals surface area contributed by atoms with E-state index in [1.807, 2.05) is 65.6 Å². The number of carbonyl (C=O) groups excluding carboxylic acids is 1. The summed E-state index contributed by atoms with van der Waals surface area (Å²) in [5.74, 6) is 0.719. The molecule has 0 saturated carbocycles. The Labute approximate surface area is 124 Å². The van der Waals surface area contributed by atoms with Crippen LogP contribution in [0, 0.1) is 0 Å². The van der Waals surface area contributed by atoms with Crippen LogP contribution in [0.5, 0.6) is 0 Å². The summed E-state index contributed by atoms with van der Waals surface area (Å²) >= 11 is 0. The summed E-state index contributed by atoms with van der Waals surface area (Å²) in [6.07, 6.45) is 5.77. The second kappa shape index (κ2) is 6.22. The Morgan fingerprint density at radius 2 is 1.86 bits per heavy atom. The van der Waals surface area contributed by atoms with Crippen molar-refractivity contribution >= 4 is 17.9 Å². The Bertz CT molecular complexity index is 625. The number of benzene rings is 1. The van der Waals surface area contributed by atoms with Crippen molar-refractivity contribution < 1.29 is 4.79 Å². The molecule has 1 saturated heterocycles. The lowest BCUT2D eigenvalue weighted by Gasteiger charge is -2.16. The first-order valence-corrected chi connectivity index (χ1v) is 7.04. The predicted molar refractivity (Wildman–Crippen MR) is 84.0 cm³/mol. The van der Waals surface area contributed by atoms with Gasteiger partial charge in [-0.05, 0) is 17.7 Å². The fourth-order valence-electron chi connectivity index (χ4n) is 2.36. The molecule has 3 rings (SSSR count). The van der Waals surface area contributed by atoms with E-state index < -0.39 is 0 Å². The van der Waals surface area contributed by atoms with Crippen LogP contribution in [0.1, 0.15) is 5.56 Å². The number of nitrogens with zero attached hydrogens (tertiary/aromatic N) is 3. The third kappa shape index (κ3) is 3.11. The molecule has 1 aliphatic rings. The molecule has 4 nitrogen and oxygen atoms in total. The van der Waals surface area contributed by atoms with Gasteiger partial charge in [0.25, 0.3) is 0 Å². The smallest absolute Gasteiger partial charge is 0.319 e. The largest absolute Gasteiger partial charge is 0.326 e. The average Bonchev–Trinajstić information content (AvgIpc) is 2.90. The van der Waals surface area contributed by atoms with Crippen LogP contribution in [0.4, 0.5) is 10.6 Å². The van der Waals surface area contributed by atoms with Crippen LogP contribution < -0.4 is 4.90 Å². The lowest BCUT2D eigenvalue weighted by atomic mass is 10.2. The number of anilines is 1. The summed E-state index contributed by atoms with van der Waals surface area (Å²) in [7, 11) is 0. The van der Waals surface area contributed by atoms with Crippen molar-refractivity contribution in [2.45, 2.75) is 0 Å². The molecule has 4 heteroatoms. The monoisotopic (exact) mass is 279 g/mol. The Morgan fingerprint density at radius 1 is 1.05 bits per heavy atom. The van der Waals surface area contributed by atoms with E-state index in [0.29, 0.717) is 13.1 Å². The van der Waals surface area contributed by atoms with Crippen LogP contribution in [0.2, 0.25) is 0 Å². The number of aromatic nitrogens is 1. The quantitative estimate of drug-likeness (QED) is 0.862. The molecule has 1 aromatic heterocycles. The molecule has 106 valence electrons. The Kier molecular flexibility index (Phi) is 3.96. The summed E-state index contributed by atoms with van der Waals surface area (Å²) in [6.45, 7) is 2.04. The number of pyridine rings is 1. The van der Waals surface area contributed by atoms with E-state index in [1.165, 1.54) is 0 Å².